The van der Waals surface area contributed by atoms with Gasteiger partial charge in [-0.2, -0.15) is 0 Å². The number of hydrogen-bond donors (Lipinski definition) is 2. The molecule has 1 atom stereocenters. The number of aliphatic hydroxyl groups is 1. The lowest BCUT2D eigenvalue weighted by Crippen LogP contribution is -2.11. The van der Waals surface area contributed by atoms with E-state index in [1.165, 1.54) is 32.1 Å². The van der Waals surface area contributed by atoms with E-state index in [1.807, 2.05) is 24.3 Å². The van der Waals surface area contributed by atoms with Crippen molar-refractivity contribution in [3.05, 3.63) is 29.8 Å². The van der Waals surface area contributed by atoms with Gasteiger partial charge in [-0.3, -0.25) is 0 Å². The van der Waals surface area contributed by atoms with Crippen LogP contribution in [0.25, 0.3) is 0 Å². The van der Waals surface area contributed by atoms with Crippen LogP contribution in [-0.2, 0) is 0 Å². The molecule has 0 radical (unpaired) electrons. The summed E-state index contributed by atoms with van der Waals surface area (Å²) < 4.78 is 5.72. The Morgan fingerprint density at radius 3 is 2.35 bits per heavy atom. The van der Waals surface area contributed by atoms with E-state index < -0.39 is 0 Å². The van der Waals surface area contributed by atoms with E-state index in [0.29, 0.717) is 6.42 Å². The van der Waals surface area contributed by atoms with E-state index in [-0.39, 0.29) is 12.6 Å². The lowest BCUT2D eigenvalue weighted by atomic mass is 10.1. The Labute approximate surface area is 123 Å². The Morgan fingerprint density at radius 1 is 1.05 bits per heavy atom. The molecule has 114 valence electrons. The lowest BCUT2D eigenvalue weighted by Gasteiger charge is -2.11. The van der Waals surface area contributed by atoms with Crippen LogP contribution in [0.2, 0.25) is 0 Å². The third-order valence-corrected chi connectivity index (χ3v) is 3.51. The largest absolute Gasteiger partial charge is 0.494 e. The van der Waals surface area contributed by atoms with E-state index in [9.17, 15) is 0 Å². The smallest absolute Gasteiger partial charge is 0.119 e. The number of unbranched alkanes of at least 4 members (excludes halogenated alkanes) is 5. The van der Waals surface area contributed by atoms with Crippen molar-refractivity contribution in [1.82, 2.24) is 0 Å². The molecule has 0 aromatic heterocycles. The maximum Gasteiger partial charge on any atom is 0.119 e. The molecule has 0 aliphatic heterocycles. The first-order chi connectivity index (χ1) is 9.77. The highest BCUT2D eigenvalue weighted by Crippen LogP contribution is 2.18. The summed E-state index contributed by atoms with van der Waals surface area (Å²) in [6.07, 6.45) is 8.25. The minimum atomic E-state index is -0.0902. The first kappa shape index (κ1) is 17.0. The fraction of sp³-hybridized carbons (Fsp3) is 0.647. The number of hydrogen-bond acceptors (Lipinski definition) is 3. The van der Waals surface area contributed by atoms with E-state index in [0.717, 1.165) is 24.3 Å². The van der Waals surface area contributed by atoms with Crippen LogP contribution in [-0.4, -0.2) is 18.3 Å². The molecule has 0 amide bonds. The van der Waals surface area contributed by atoms with Crippen LogP contribution < -0.4 is 10.5 Å². The Kier molecular flexibility index (Phi) is 9.09. The monoisotopic (exact) mass is 279 g/mol. The lowest BCUT2D eigenvalue weighted by molar-refractivity contribution is 0.276. The van der Waals surface area contributed by atoms with Crippen LogP contribution in [0, 0.1) is 0 Å². The predicted molar refractivity (Wildman–Crippen MR) is 83.9 cm³/mol. The van der Waals surface area contributed by atoms with Crippen molar-refractivity contribution in [3.63, 3.8) is 0 Å². The molecule has 1 aromatic carbocycles. The first-order valence-electron chi connectivity index (χ1n) is 7.87. The van der Waals surface area contributed by atoms with E-state index in [1.54, 1.807) is 0 Å². The van der Waals surface area contributed by atoms with Crippen molar-refractivity contribution in [2.75, 3.05) is 13.2 Å². The Bertz CT molecular complexity index is 337. The summed E-state index contributed by atoms with van der Waals surface area (Å²) in [7, 11) is 0. The minimum Gasteiger partial charge on any atom is -0.494 e. The van der Waals surface area contributed by atoms with Crippen LogP contribution in [0.15, 0.2) is 24.3 Å². The van der Waals surface area contributed by atoms with E-state index in [2.05, 4.69) is 6.92 Å². The molecule has 0 aliphatic rings. The van der Waals surface area contributed by atoms with Gasteiger partial charge >= 0.3 is 0 Å². The molecule has 0 fully saturated rings. The number of ether oxygens (including phenoxy) is 1. The normalized spacial score (nSPS) is 12.3. The fourth-order valence-electron chi connectivity index (χ4n) is 2.19. The van der Waals surface area contributed by atoms with Crippen molar-refractivity contribution in [3.8, 4) is 5.75 Å². The Balaban J connectivity index is 2.18. The second-order valence-corrected chi connectivity index (χ2v) is 5.30. The highest BCUT2D eigenvalue weighted by Gasteiger charge is 2.04. The maximum absolute atomic E-state index is 8.87. The zero-order valence-corrected chi connectivity index (χ0v) is 12.7. The van der Waals surface area contributed by atoms with Crippen molar-refractivity contribution in [2.45, 2.75) is 57.9 Å². The van der Waals surface area contributed by atoms with E-state index >= 15 is 0 Å². The van der Waals surface area contributed by atoms with Gasteiger partial charge in [0, 0.05) is 12.6 Å². The molecule has 3 N–H and O–H groups in total. The molecule has 20 heavy (non-hydrogen) atoms. The molecule has 0 bridgehead atoms. The molecule has 0 saturated heterocycles. The molecule has 0 heterocycles. The molecular weight excluding hydrogens is 250 g/mol. The summed E-state index contributed by atoms with van der Waals surface area (Å²) in [5.74, 6) is 0.901. The highest BCUT2D eigenvalue weighted by molar-refractivity contribution is 5.29. The molecular formula is C17H29NO2. The Hall–Kier alpha value is -1.06. The van der Waals surface area contributed by atoms with Gasteiger partial charge in [0.15, 0.2) is 0 Å². The maximum atomic E-state index is 8.87. The summed E-state index contributed by atoms with van der Waals surface area (Å²) in [6, 6.07) is 7.80. The molecule has 3 nitrogen and oxygen atoms in total. The SMILES string of the molecule is CCCCCCCCOc1ccc(C(N)CCO)cc1. The highest BCUT2D eigenvalue weighted by atomic mass is 16.5. The van der Waals surface area contributed by atoms with Crippen LogP contribution >= 0.6 is 0 Å². The number of rotatable bonds is 11. The van der Waals surface area contributed by atoms with Crippen LogP contribution in [0.3, 0.4) is 0 Å². The summed E-state index contributed by atoms with van der Waals surface area (Å²) in [6.45, 7) is 3.14. The zero-order chi connectivity index (χ0) is 14.6. The number of aliphatic hydroxyl groups excluding tert-OH is 1. The zero-order valence-electron chi connectivity index (χ0n) is 12.7. The van der Waals surface area contributed by atoms with Gasteiger partial charge in [-0.25, -0.2) is 0 Å². The number of benzene rings is 1. The second-order valence-electron chi connectivity index (χ2n) is 5.30. The summed E-state index contributed by atoms with van der Waals surface area (Å²) >= 11 is 0. The van der Waals surface area contributed by atoms with Gasteiger partial charge in [-0.15, -0.1) is 0 Å². The average Bonchev–Trinajstić information content (AvgIpc) is 2.47. The number of nitrogens with two attached hydrogens (primary N) is 1. The fourth-order valence-corrected chi connectivity index (χ4v) is 2.19. The third kappa shape index (κ3) is 6.92. The van der Waals surface area contributed by atoms with Gasteiger partial charge in [0.05, 0.1) is 6.61 Å². The molecule has 1 aromatic rings. The van der Waals surface area contributed by atoms with Crippen LogP contribution in [0.1, 0.15) is 63.5 Å². The summed E-state index contributed by atoms with van der Waals surface area (Å²) in [5, 5.41) is 8.87. The van der Waals surface area contributed by atoms with Crippen molar-refractivity contribution < 1.29 is 9.84 Å². The topological polar surface area (TPSA) is 55.5 Å². The summed E-state index contributed by atoms with van der Waals surface area (Å²) in [4.78, 5) is 0. The van der Waals surface area contributed by atoms with Gasteiger partial charge < -0.3 is 15.6 Å². The van der Waals surface area contributed by atoms with Gasteiger partial charge in [-0.05, 0) is 30.5 Å². The second kappa shape index (κ2) is 10.7. The first-order valence-corrected chi connectivity index (χ1v) is 7.87. The molecule has 0 aliphatic carbocycles. The summed E-state index contributed by atoms with van der Waals surface area (Å²) in [5.41, 5.74) is 6.98. The van der Waals surface area contributed by atoms with Gasteiger partial charge in [0.2, 0.25) is 0 Å². The molecule has 0 saturated carbocycles. The standard InChI is InChI=1S/C17H29NO2/c1-2-3-4-5-6-7-14-20-16-10-8-15(9-11-16)17(18)12-13-19/h8-11,17,19H,2-7,12-14,18H2,1H3. The minimum absolute atomic E-state index is 0.0902. The van der Waals surface area contributed by atoms with Crippen molar-refractivity contribution in [1.29, 1.82) is 0 Å². The van der Waals surface area contributed by atoms with Gasteiger partial charge in [0.1, 0.15) is 5.75 Å². The van der Waals surface area contributed by atoms with E-state index in [4.69, 9.17) is 15.6 Å². The quantitative estimate of drug-likeness (QED) is 0.606. The average molecular weight is 279 g/mol. The van der Waals surface area contributed by atoms with Gasteiger partial charge in [0.25, 0.3) is 0 Å². The molecule has 1 rings (SSSR count). The molecule has 0 spiro atoms. The molecule has 3 heteroatoms. The Morgan fingerprint density at radius 2 is 1.70 bits per heavy atom. The third-order valence-electron chi connectivity index (χ3n) is 3.51. The van der Waals surface area contributed by atoms with Crippen LogP contribution in [0.4, 0.5) is 0 Å². The van der Waals surface area contributed by atoms with Crippen molar-refractivity contribution in [2.24, 2.45) is 5.73 Å². The van der Waals surface area contributed by atoms with Crippen molar-refractivity contribution >= 4 is 0 Å². The molecule has 1 unspecified atom stereocenters. The van der Waals surface area contributed by atoms with Gasteiger partial charge in [-0.1, -0.05) is 51.2 Å². The predicted octanol–water partition coefficient (Wildman–Crippen LogP) is 3.81. The van der Waals surface area contributed by atoms with Crippen LogP contribution in [0.5, 0.6) is 5.75 Å².